The van der Waals surface area contributed by atoms with Gasteiger partial charge in [0.25, 0.3) is 0 Å². The summed E-state index contributed by atoms with van der Waals surface area (Å²) in [4.78, 5) is 14.4. The average molecular weight is 437 g/mol. The van der Waals surface area contributed by atoms with Crippen molar-refractivity contribution in [1.82, 2.24) is 14.4 Å². The van der Waals surface area contributed by atoms with Gasteiger partial charge in [0, 0.05) is 39.5 Å². The Morgan fingerprint density at radius 3 is 2.80 bits per heavy atom. The number of hydrogen-bond donors (Lipinski definition) is 1. The van der Waals surface area contributed by atoms with E-state index in [-0.39, 0.29) is 35.1 Å². The van der Waals surface area contributed by atoms with Crippen LogP contribution in [0.25, 0.3) is 6.08 Å². The summed E-state index contributed by atoms with van der Waals surface area (Å²) in [6.07, 6.45) is 4.24. The van der Waals surface area contributed by atoms with Gasteiger partial charge in [0.15, 0.2) is 10.7 Å². The number of aryl methyl sites for hydroxylation is 1. The van der Waals surface area contributed by atoms with Crippen LogP contribution in [0, 0.1) is 18.7 Å². The number of sulfonamides is 1. The molecule has 1 aliphatic rings. The van der Waals surface area contributed by atoms with Crippen molar-refractivity contribution >= 4 is 27.7 Å². The maximum absolute atomic E-state index is 13.8. The number of amides is 1. The maximum atomic E-state index is 13.8. The number of anilines is 1. The fraction of sp³-hybridized carbons (Fsp3) is 0.400. The van der Waals surface area contributed by atoms with Crippen LogP contribution < -0.4 is 5.32 Å². The molecule has 1 aromatic carbocycles. The van der Waals surface area contributed by atoms with E-state index in [9.17, 15) is 17.6 Å². The van der Waals surface area contributed by atoms with Gasteiger partial charge in [0.05, 0.1) is 11.6 Å². The second-order valence-corrected chi connectivity index (χ2v) is 9.29. The van der Waals surface area contributed by atoms with Gasteiger partial charge in [-0.15, -0.1) is 0 Å². The van der Waals surface area contributed by atoms with E-state index in [4.69, 9.17) is 4.52 Å². The van der Waals surface area contributed by atoms with Gasteiger partial charge in [-0.3, -0.25) is 4.79 Å². The third-order valence-corrected chi connectivity index (χ3v) is 6.87. The Balaban J connectivity index is 1.80. The van der Waals surface area contributed by atoms with Gasteiger partial charge < -0.3 is 14.7 Å². The summed E-state index contributed by atoms with van der Waals surface area (Å²) in [5.41, 5.74) is 0.333. The molecule has 162 valence electrons. The normalized spacial score (nSPS) is 17.9. The monoisotopic (exact) mass is 436 g/mol. The van der Waals surface area contributed by atoms with Gasteiger partial charge in [-0.1, -0.05) is 17.3 Å². The smallest absolute Gasteiger partial charge is 0.248 e. The highest BCUT2D eigenvalue weighted by molar-refractivity contribution is 7.89. The molecule has 1 N–H and O–H groups in total. The first kappa shape index (κ1) is 22.0. The van der Waals surface area contributed by atoms with Gasteiger partial charge in [0.2, 0.25) is 15.9 Å². The molecule has 8 nitrogen and oxygen atoms in total. The van der Waals surface area contributed by atoms with E-state index in [0.717, 1.165) is 0 Å². The first-order valence-electron chi connectivity index (χ1n) is 9.56. The number of halogens is 1. The van der Waals surface area contributed by atoms with Crippen LogP contribution in [-0.4, -0.2) is 55.9 Å². The van der Waals surface area contributed by atoms with Crippen LogP contribution in [0.4, 0.5) is 10.1 Å². The number of benzene rings is 1. The Hall–Kier alpha value is -2.72. The van der Waals surface area contributed by atoms with Gasteiger partial charge >= 0.3 is 0 Å². The number of aromatic nitrogens is 1. The van der Waals surface area contributed by atoms with Crippen LogP contribution in [0.5, 0.6) is 0 Å². The highest BCUT2D eigenvalue weighted by Gasteiger charge is 2.37. The lowest BCUT2D eigenvalue weighted by Gasteiger charge is -2.31. The lowest BCUT2D eigenvalue weighted by molar-refractivity contribution is -0.120. The largest absolute Gasteiger partial charge is 0.383 e. The molecule has 0 aliphatic carbocycles. The summed E-state index contributed by atoms with van der Waals surface area (Å²) < 4.78 is 46.9. The summed E-state index contributed by atoms with van der Waals surface area (Å²) in [5, 5.41) is 6.36. The topological polar surface area (TPSA) is 95.8 Å². The van der Waals surface area contributed by atoms with E-state index in [1.807, 2.05) is 0 Å². The Morgan fingerprint density at radius 2 is 2.10 bits per heavy atom. The standard InChI is InChI=1S/C20H25FN4O4S/c1-14-19(18(29-23-14)10-12-24(2)3)30(27,28)25-11-6-7-15(13-25)20(26)22-17-9-5-4-8-16(17)21/h4-5,8-10,12,15H,6-7,11,13H2,1-3H3,(H,22,26)/b12-10+. The van der Waals surface area contributed by atoms with Gasteiger partial charge in [-0.2, -0.15) is 4.31 Å². The molecular weight excluding hydrogens is 411 g/mol. The van der Waals surface area contributed by atoms with E-state index < -0.39 is 27.7 Å². The number of carbonyl (C=O) groups is 1. The summed E-state index contributed by atoms with van der Waals surface area (Å²) in [6, 6.07) is 5.87. The van der Waals surface area contributed by atoms with E-state index in [0.29, 0.717) is 12.8 Å². The van der Waals surface area contributed by atoms with Crippen molar-refractivity contribution in [1.29, 1.82) is 0 Å². The van der Waals surface area contributed by atoms with Crippen LogP contribution in [0.1, 0.15) is 24.3 Å². The van der Waals surface area contributed by atoms with E-state index in [1.165, 1.54) is 22.5 Å². The molecule has 0 saturated carbocycles. The van der Waals surface area contributed by atoms with Crippen LogP contribution in [0.3, 0.4) is 0 Å². The van der Waals surface area contributed by atoms with Crippen molar-refractivity contribution < 1.29 is 22.1 Å². The molecule has 2 aromatic rings. The minimum Gasteiger partial charge on any atom is -0.383 e. The highest BCUT2D eigenvalue weighted by Crippen LogP contribution is 2.29. The molecule has 1 unspecified atom stereocenters. The predicted molar refractivity (Wildman–Crippen MR) is 110 cm³/mol. The molecule has 1 aromatic heterocycles. The third-order valence-electron chi connectivity index (χ3n) is 4.84. The Labute approximate surface area is 175 Å². The van der Waals surface area contributed by atoms with Crippen molar-refractivity contribution in [3.8, 4) is 0 Å². The first-order valence-corrected chi connectivity index (χ1v) is 11.0. The summed E-state index contributed by atoms with van der Waals surface area (Å²) in [7, 11) is -0.316. The van der Waals surface area contributed by atoms with Crippen LogP contribution in [-0.2, 0) is 14.8 Å². The van der Waals surface area contributed by atoms with Crippen molar-refractivity contribution in [2.75, 3.05) is 32.5 Å². The van der Waals surface area contributed by atoms with E-state index >= 15 is 0 Å². The first-order chi connectivity index (χ1) is 14.2. The lowest BCUT2D eigenvalue weighted by Crippen LogP contribution is -2.44. The quantitative estimate of drug-likeness (QED) is 0.748. The summed E-state index contributed by atoms with van der Waals surface area (Å²) in [5.74, 6) is -1.40. The minimum absolute atomic E-state index is 0.00392. The Kier molecular flexibility index (Phi) is 6.57. The van der Waals surface area contributed by atoms with Crippen LogP contribution in [0.2, 0.25) is 0 Å². The molecule has 10 heteroatoms. The van der Waals surface area contributed by atoms with E-state index in [2.05, 4.69) is 10.5 Å². The number of piperidine rings is 1. The fourth-order valence-electron chi connectivity index (χ4n) is 3.32. The average Bonchev–Trinajstić information content (AvgIpc) is 3.09. The number of carbonyl (C=O) groups excluding carboxylic acids is 1. The maximum Gasteiger partial charge on any atom is 0.248 e. The molecule has 1 aliphatic heterocycles. The molecule has 1 saturated heterocycles. The van der Waals surface area contributed by atoms with Crippen LogP contribution >= 0.6 is 0 Å². The molecular formula is C20H25FN4O4S. The minimum atomic E-state index is -3.92. The summed E-state index contributed by atoms with van der Waals surface area (Å²) in [6.45, 7) is 1.85. The second-order valence-electron chi connectivity index (χ2n) is 7.41. The lowest BCUT2D eigenvalue weighted by atomic mass is 9.98. The molecule has 1 amide bonds. The summed E-state index contributed by atoms with van der Waals surface area (Å²) >= 11 is 0. The molecule has 3 rings (SSSR count). The molecule has 0 radical (unpaired) electrons. The molecule has 1 fully saturated rings. The van der Waals surface area contributed by atoms with Crippen molar-refractivity contribution in [3.05, 3.63) is 47.7 Å². The number of para-hydroxylation sites is 1. The van der Waals surface area contributed by atoms with Crippen molar-refractivity contribution in [2.45, 2.75) is 24.7 Å². The zero-order chi connectivity index (χ0) is 21.9. The van der Waals surface area contributed by atoms with Gasteiger partial charge in [0.1, 0.15) is 11.5 Å². The Bertz CT molecular complexity index is 1050. The SMILES string of the molecule is Cc1noc(/C=C/N(C)C)c1S(=O)(=O)N1CCCC(C(=O)Nc2ccccc2F)C1. The third kappa shape index (κ3) is 4.71. The molecule has 30 heavy (non-hydrogen) atoms. The number of nitrogens with zero attached hydrogens (tertiary/aromatic N) is 3. The molecule has 0 bridgehead atoms. The van der Waals surface area contributed by atoms with Crippen LogP contribution in [0.15, 0.2) is 39.9 Å². The number of rotatable bonds is 6. The highest BCUT2D eigenvalue weighted by atomic mass is 32.2. The predicted octanol–water partition coefficient (Wildman–Crippen LogP) is 2.69. The number of nitrogens with one attached hydrogen (secondary N) is 1. The fourth-order valence-corrected chi connectivity index (χ4v) is 5.09. The van der Waals surface area contributed by atoms with E-state index in [1.54, 1.807) is 44.3 Å². The van der Waals surface area contributed by atoms with Gasteiger partial charge in [-0.25, -0.2) is 12.8 Å². The molecule has 0 spiro atoms. The molecule has 1 atom stereocenters. The zero-order valence-electron chi connectivity index (χ0n) is 17.1. The van der Waals surface area contributed by atoms with Crippen molar-refractivity contribution in [2.24, 2.45) is 5.92 Å². The van der Waals surface area contributed by atoms with Crippen molar-refractivity contribution in [3.63, 3.8) is 0 Å². The van der Waals surface area contributed by atoms with Gasteiger partial charge in [-0.05, 0) is 31.9 Å². The number of hydrogen-bond acceptors (Lipinski definition) is 6. The zero-order valence-corrected chi connectivity index (χ0v) is 17.9. The molecule has 2 heterocycles. The second kappa shape index (κ2) is 8.97. The Morgan fingerprint density at radius 1 is 1.37 bits per heavy atom.